The van der Waals surface area contributed by atoms with Crippen molar-refractivity contribution in [2.45, 2.75) is 19.9 Å². The third-order valence-corrected chi connectivity index (χ3v) is 6.68. The van der Waals surface area contributed by atoms with Gasteiger partial charge >= 0.3 is 0 Å². The van der Waals surface area contributed by atoms with E-state index in [4.69, 9.17) is 23.2 Å². The molecule has 3 aromatic rings. The number of nitrogens with one attached hydrogen (secondary N) is 1. The molecule has 0 saturated carbocycles. The summed E-state index contributed by atoms with van der Waals surface area (Å²) >= 11 is 16.0. The fourth-order valence-corrected chi connectivity index (χ4v) is 4.75. The second-order valence-corrected chi connectivity index (χ2v) is 10.2. The zero-order valence-electron chi connectivity index (χ0n) is 17.5. The lowest BCUT2D eigenvalue weighted by Crippen LogP contribution is -2.26. The molecule has 3 rings (SSSR count). The lowest BCUT2D eigenvalue weighted by Gasteiger charge is -2.11. The quantitative estimate of drug-likeness (QED) is 0.354. The molecule has 1 aromatic heterocycles. The first-order chi connectivity index (χ1) is 15.7. The average Bonchev–Trinajstić information content (AvgIpc) is 3.07. The van der Waals surface area contributed by atoms with Crippen LogP contribution in [0.2, 0.25) is 10.2 Å². The zero-order chi connectivity index (χ0) is 24.0. The lowest BCUT2D eigenvalue weighted by atomic mass is 10.2. The number of imidazole rings is 1. The second-order valence-electron chi connectivity index (χ2n) is 6.94. The van der Waals surface area contributed by atoms with Crippen molar-refractivity contribution in [3.05, 3.63) is 97.3 Å². The number of carbonyl (C=O) groups excluding carboxylic acids is 1. The maximum Gasteiger partial charge on any atom is 0.257 e. The molecule has 1 N–H and O–H groups in total. The Bertz CT molecular complexity index is 1320. The van der Waals surface area contributed by atoms with Gasteiger partial charge in [0.05, 0.1) is 17.6 Å². The van der Waals surface area contributed by atoms with E-state index in [9.17, 15) is 13.2 Å². The Morgan fingerprint density at radius 1 is 1.15 bits per heavy atom. The molecule has 172 valence electrons. The number of halogens is 3. The number of rotatable bonds is 8. The normalized spacial score (nSPS) is 12.0. The summed E-state index contributed by atoms with van der Waals surface area (Å²) < 4.78 is 29.1. The minimum Gasteiger partial charge on any atom is -0.323 e. The Balaban J connectivity index is 1.79. The molecule has 6 nitrogen and oxygen atoms in total. The van der Waals surface area contributed by atoms with Crippen LogP contribution in [0, 0.1) is 0 Å². The Morgan fingerprint density at radius 2 is 1.88 bits per heavy atom. The predicted octanol–water partition coefficient (Wildman–Crippen LogP) is 5.69. The highest BCUT2D eigenvalue weighted by molar-refractivity contribution is 9.10. The summed E-state index contributed by atoms with van der Waals surface area (Å²) in [6, 6.07) is 14.4. The molecule has 10 heteroatoms. The van der Waals surface area contributed by atoms with E-state index in [1.165, 1.54) is 12.2 Å². The van der Waals surface area contributed by atoms with E-state index >= 15 is 0 Å². The van der Waals surface area contributed by atoms with E-state index in [1.54, 1.807) is 30.3 Å². The van der Waals surface area contributed by atoms with Crippen LogP contribution in [-0.2, 0) is 27.8 Å². The number of benzene rings is 2. The second kappa shape index (κ2) is 11.2. The SMILES string of the molecule is CCc1nc(Cl)c(C=CC(=O)NS(=O)(=O)C=Cc2ccccc2)n1Cc1ccc(Br)cc1Cl. The van der Waals surface area contributed by atoms with Gasteiger partial charge in [-0.05, 0) is 35.4 Å². The van der Waals surface area contributed by atoms with E-state index < -0.39 is 15.9 Å². The molecule has 0 aliphatic carbocycles. The smallest absolute Gasteiger partial charge is 0.257 e. The topological polar surface area (TPSA) is 81.1 Å². The Morgan fingerprint density at radius 3 is 2.55 bits per heavy atom. The molecule has 0 atom stereocenters. The van der Waals surface area contributed by atoms with Gasteiger partial charge in [-0.15, -0.1) is 0 Å². The van der Waals surface area contributed by atoms with E-state index in [-0.39, 0.29) is 5.15 Å². The number of amides is 1. The van der Waals surface area contributed by atoms with Gasteiger partial charge in [0.2, 0.25) is 0 Å². The summed E-state index contributed by atoms with van der Waals surface area (Å²) in [5.41, 5.74) is 2.01. The van der Waals surface area contributed by atoms with Crippen LogP contribution in [0.5, 0.6) is 0 Å². The predicted molar refractivity (Wildman–Crippen MR) is 136 cm³/mol. The molecular formula is C23H20BrCl2N3O3S. The number of aromatic nitrogens is 2. The summed E-state index contributed by atoms with van der Waals surface area (Å²) in [7, 11) is -3.97. The van der Waals surface area contributed by atoms with Crippen molar-refractivity contribution in [1.82, 2.24) is 14.3 Å². The molecule has 0 radical (unpaired) electrons. The summed E-state index contributed by atoms with van der Waals surface area (Å²) in [4.78, 5) is 16.6. The van der Waals surface area contributed by atoms with Crippen molar-refractivity contribution in [3.8, 4) is 0 Å². The molecule has 33 heavy (non-hydrogen) atoms. The molecule has 0 saturated heterocycles. The van der Waals surface area contributed by atoms with Crippen LogP contribution in [0.15, 0.2) is 64.5 Å². The summed E-state index contributed by atoms with van der Waals surface area (Å²) in [5, 5.41) is 1.71. The molecule has 1 heterocycles. The van der Waals surface area contributed by atoms with Gasteiger partial charge in [0.1, 0.15) is 5.82 Å². The number of sulfonamides is 1. The van der Waals surface area contributed by atoms with E-state index in [0.29, 0.717) is 35.1 Å². The first-order valence-electron chi connectivity index (χ1n) is 9.85. The van der Waals surface area contributed by atoms with Crippen molar-refractivity contribution >= 4 is 67.2 Å². The fraction of sp³-hybridized carbons (Fsp3) is 0.130. The number of carbonyl (C=O) groups is 1. The number of hydrogen-bond acceptors (Lipinski definition) is 4. The Kier molecular flexibility index (Phi) is 8.53. The Labute approximate surface area is 211 Å². The molecule has 1 amide bonds. The van der Waals surface area contributed by atoms with E-state index in [1.807, 2.05) is 34.4 Å². The maximum absolute atomic E-state index is 12.3. The minimum atomic E-state index is -3.97. The van der Waals surface area contributed by atoms with Crippen molar-refractivity contribution in [2.24, 2.45) is 0 Å². The van der Waals surface area contributed by atoms with Crippen LogP contribution in [0.4, 0.5) is 0 Å². The van der Waals surface area contributed by atoms with Crippen LogP contribution in [0.3, 0.4) is 0 Å². The number of hydrogen-bond donors (Lipinski definition) is 1. The van der Waals surface area contributed by atoms with Gasteiger partial charge in [0.25, 0.3) is 15.9 Å². The highest BCUT2D eigenvalue weighted by Crippen LogP contribution is 2.26. The van der Waals surface area contributed by atoms with Gasteiger partial charge in [0, 0.05) is 22.0 Å². The average molecular weight is 569 g/mol. The van der Waals surface area contributed by atoms with E-state index in [2.05, 4.69) is 20.9 Å². The van der Waals surface area contributed by atoms with Crippen molar-refractivity contribution in [2.75, 3.05) is 0 Å². The van der Waals surface area contributed by atoms with Gasteiger partial charge in [-0.2, -0.15) is 0 Å². The van der Waals surface area contributed by atoms with Crippen LogP contribution >= 0.6 is 39.1 Å². The maximum atomic E-state index is 12.3. The van der Waals surface area contributed by atoms with Crippen LogP contribution in [-0.4, -0.2) is 23.9 Å². The first kappa shape index (κ1) is 25.2. The summed E-state index contributed by atoms with van der Waals surface area (Å²) in [5.74, 6) is -0.103. The largest absolute Gasteiger partial charge is 0.323 e. The fourth-order valence-electron chi connectivity index (χ4n) is 3.00. The van der Waals surface area contributed by atoms with Crippen molar-refractivity contribution < 1.29 is 13.2 Å². The van der Waals surface area contributed by atoms with Gasteiger partial charge in [0.15, 0.2) is 5.15 Å². The molecule has 0 aliphatic heterocycles. The number of nitrogens with zero attached hydrogens (tertiary/aromatic N) is 2. The van der Waals surface area contributed by atoms with Crippen LogP contribution in [0.25, 0.3) is 12.2 Å². The molecule has 0 bridgehead atoms. The molecular weight excluding hydrogens is 549 g/mol. The highest BCUT2D eigenvalue weighted by atomic mass is 79.9. The molecule has 0 fully saturated rings. The van der Waals surface area contributed by atoms with Gasteiger partial charge in [-0.3, -0.25) is 4.79 Å². The molecule has 0 unspecified atom stereocenters. The monoisotopic (exact) mass is 567 g/mol. The summed E-state index contributed by atoms with van der Waals surface area (Å²) in [6.45, 7) is 2.32. The number of aryl methyl sites for hydroxylation is 1. The zero-order valence-corrected chi connectivity index (χ0v) is 21.4. The minimum absolute atomic E-state index is 0.205. The Hall–Kier alpha value is -2.39. The van der Waals surface area contributed by atoms with Crippen molar-refractivity contribution in [1.29, 1.82) is 0 Å². The van der Waals surface area contributed by atoms with Crippen molar-refractivity contribution in [3.63, 3.8) is 0 Å². The van der Waals surface area contributed by atoms with Crippen LogP contribution in [0.1, 0.15) is 29.6 Å². The van der Waals surface area contributed by atoms with Gasteiger partial charge in [-0.25, -0.2) is 18.1 Å². The standard InChI is InChI=1S/C23H20BrCl2N3O3S/c1-2-21-27-23(26)20(29(21)15-17-8-9-18(24)14-19(17)25)10-11-22(30)28-33(31,32)13-12-16-6-4-3-5-7-16/h3-14H,2,15H2,1H3,(H,28,30). The van der Waals surface area contributed by atoms with Gasteiger partial charge in [-0.1, -0.05) is 82.5 Å². The van der Waals surface area contributed by atoms with E-state index in [0.717, 1.165) is 21.5 Å². The van der Waals surface area contributed by atoms with Gasteiger partial charge < -0.3 is 4.57 Å². The highest BCUT2D eigenvalue weighted by Gasteiger charge is 2.15. The third-order valence-electron chi connectivity index (χ3n) is 4.58. The molecule has 0 aliphatic rings. The third kappa shape index (κ3) is 7.04. The molecule has 0 spiro atoms. The lowest BCUT2D eigenvalue weighted by molar-refractivity contribution is -0.114. The molecule has 2 aromatic carbocycles. The first-order valence-corrected chi connectivity index (χ1v) is 12.9. The summed E-state index contributed by atoms with van der Waals surface area (Å²) in [6.07, 6.45) is 4.55. The van der Waals surface area contributed by atoms with Crippen LogP contribution < -0.4 is 4.72 Å².